The monoisotopic (exact) mass is 356 g/mol. The molecule has 0 aliphatic heterocycles. The largest absolute Gasteiger partial charge is 0.423 e. The summed E-state index contributed by atoms with van der Waals surface area (Å²) in [5.74, 6) is -3.49. The molecule has 0 unspecified atom stereocenters. The first-order valence-corrected chi connectivity index (χ1v) is 7.90. The Balaban J connectivity index is 1.89. The van der Waals surface area contributed by atoms with E-state index >= 15 is 0 Å². The number of hydrogen-bond acceptors (Lipinski definition) is 2. The summed E-state index contributed by atoms with van der Waals surface area (Å²) in [7, 11) is 0. The zero-order valence-corrected chi connectivity index (χ0v) is 14.1. The van der Waals surface area contributed by atoms with Gasteiger partial charge in [0.05, 0.1) is 5.56 Å². The van der Waals surface area contributed by atoms with Crippen LogP contribution < -0.4 is 4.74 Å². The molecule has 0 fully saturated rings. The van der Waals surface area contributed by atoms with Gasteiger partial charge in [0.1, 0.15) is 11.6 Å². The molecule has 0 N–H and O–H groups in total. The third kappa shape index (κ3) is 3.47. The van der Waals surface area contributed by atoms with Crippen molar-refractivity contribution < 1.29 is 22.7 Å². The van der Waals surface area contributed by atoms with Gasteiger partial charge in [-0.15, -0.1) is 0 Å². The van der Waals surface area contributed by atoms with E-state index in [-0.39, 0.29) is 28.0 Å². The molecule has 3 aromatic carbocycles. The van der Waals surface area contributed by atoms with Crippen molar-refractivity contribution >= 4 is 5.97 Å². The molecular weight excluding hydrogens is 341 g/mol. The first kappa shape index (κ1) is 17.7. The van der Waals surface area contributed by atoms with Gasteiger partial charge in [-0.25, -0.2) is 18.0 Å². The van der Waals surface area contributed by atoms with Gasteiger partial charge >= 0.3 is 5.97 Å². The molecule has 3 rings (SSSR count). The van der Waals surface area contributed by atoms with Gasteiger partial charge in [-0.2, -0.15) is 0 Å². The minimum absolute atomic E-state index is 0.0783. The summed E-state index contributed by atoms with van der Waals surface area (Å²) in [6, 6.07) is 13.0. The Labute approximate surface area is 148 Å². The number of carbonyl (C=O) groups is 1. The van der Waals surface area contributed by atoms with Gasteiger partial charge in [-0.3, -0.25) is 0 Å². The van der Waals surface area contributed by atoms with Crippen molar-refractivity contribution in [3.8, 4) is 16.9 Å². The summed E-state index contributed by atoms with van der Waals surface area (Å²) < 4.78 is 47.3. The minimum atomic E-state index is -1.06. The maximum Gasteiger partial charge on any atom is 0.346 e. The van der Waals surface area contributed by atoms with E-state index in [1.165, 1.54) is 31.2 Å². The molecule has 0 heterocycles. The average molecular weight is 356 g/mol. The smallest absolute Gasteiger partial charge is 0.346 e. The number of halogens is 3. The summed E-state index contributed by atoms with van der Waals surface area (Å²) in [6.07, 6.45) is 0. The number of benzene rings is 3. The third-order valence-electron chi connectivity index (χ3n) is 4.01. The Hall–Kier alpha value is -3.08. The van der Waals surface area contributed by atoms with Gasteiger partial charge in [-0.1, -0.05) is 35.9 Å². The molecule has 0 bridgehead atoms. The van der Waals surface area contributed by atoms with Gasteiger partial charge in [0, 0.05) is 5.56 Å². The number of aryl methyl sites for hydroxylation is 2. The fraction of sp³-hybridized carbons (Fsp3) is 0.0952. The molecule has 0 radical (unpaired) electrons. The average Bonchev–Trinajstić information content (AvgIpc) is 2.61. The second-order valence-electron chi connectivity index (χ2n) is 5.96. The zero-order chi connectivity index (χ0) is 18.8. The van der Waals surface area contributed by atoms with E-state index in [9.17, 15) is 18.0 Å². The quantitative estimate of drug-likeness (QED) is 0.451. The minimum Gasteiger partial charge on any atom is -0.423 e. The molecule has 2 nitrogen and oxygen atoms in total. The predicted octanol–water partition coefficient (Wildman–Crippen LogP) is 5.61. The van der Waals surface area contributed by atoms with Gasteiger partial charge in [-0.05, 0) is 49.2 Å². The van der Waals surface area contributed by atoms with Crippen molar-refractivity contribution in [1.82, 2.24) is 0 Å². The van der Waals surface area contributed by atoms with Gasteiger partial charge in [0.2, 0.25) is 0 Å². The van der Waals surface area contributed by atoms with Crippen LogP contribution in [-0.2, 0) is 0 Å². The van der Waals surface area contributed by atoms with E-state index < -0.39 is 23.4 Å². The number of esters is 1. The lowest BCUT2D eigenvalue weighted by molar-refractivity contribution is 0.0730. The van der Waals surface area contributed by atoms with Crippen LogP contribution in [0, 0.1) is 31.3 Å². The van der Waals surface area contributed by atoms with Crippen LogP contribution in [0.25, 0.3) is 11.1 Å². The summed E-state index contributed by atoms with van der Waals surface area (Å²) in [4.78, 5) is 12.1. The Morgan fingerprint density at radius 1 is 0.846 bits per heavy atom. The number of rotatable bonds is 3. The van der Waals surface area contributed by atoms with Crippen molar-refractivity contribution in [2.45, 2.75) is 13.8 Å². The Bertz CT molecular complexity index is 979. The highest BCUT2D eigenvalue weighted by Crippen LogP contribution is 2.28. The van der Waals surface area contributed by atoms with Crippen LogP contribution in [-0.4, -0.2) is 5.97 Å². The topological polar surface area (TPSA) is 26.3 Å². The highest BCUT2D eigenvalue weighted by atomic mass is 19.2. The van der Waals surface area contributed by atoms with Crippen LogP contribution in [0.4, 0.5) is 13.2 Å². The second kappa shape index (κ2) is 7.04. The Morgan fingerprint density at radius 2 is 1.54 bits per heavy atom. The maximum absolute atomic E-state index is 14.3. The molecule has 0 aliphatic rings. The molecule has 0 atom stereocenters. The molecule has 0 amide bonds. The van der Waals surface area contributed by atoms with E-state index in [4.69, 9.17) is 4.74 Å². The lowest BCUT2D eigenvalue weighted by atomic mass is 10.0. The molecule has 0 aliphatic carbocycles. The van der Waals surface area contributed by atoms with E-state index in [1.54, 1.807) is 24.3 Å². The Kier molecular flexibility index (Phi) is 4.80. The molecule has 0 aromatic heterocycles. The van der Waals surface area contributed by atoms with Crippen molar-refractivity contribution in [1.29, 1.82) is 0 Å². The molecular formula is C21H15F3O2. The first-order valence-electron chi connectivity index (χ1n) is 7.90. The fourth-order valence-electron chi connectivity index (χ4n) is 2.49. The standard InChI is InChI=1S/C21H15F3O2/c1-12-3-7-15(8-4-12)26-21(25)17-10-6-14(11-18(17)22)16-9-5-13(2)19(23)20(16)24/h3-11H,1-2H3. The van der Waals surface area contributed by atoms with Crippen LogP contribution in [0.15, 0.2) is 54.6 Å². The molecule has 5 heteroatoms. The lowest BCUT2D eigenvalue weighted by Gasteiger charge is -2.09. The van der Waals surface area contributed by atoms with Crippen LogP contribution in [0.3, 0.4) is 0 Å². The maximum atomic E-state index is 14.3. The summed E-state index contributed by atoms with van der Waals surface area (Å²) >= 11 is 0. The Morgan fingerprint density at radius 3 is 2.19 bits per heavy atom. The van der Waals surface area contributed by atoms with Gasteiger partial charge in [0.15, 0.2) is 11.6 Å². The predicted molar refractivity (Wildman–Crippen MR) is 92.6 cm³/mol. The number of ether oxygens (including phenoxy) is 1. The second-order valence-corrected chi connectivity index (χ2v) is 5.96. The van der Waals surface area contributed by atoms with Crippen LogP contribution in [0.5, 0.6) is 5.75 Å². The molecule has 132 valence electrons. The molecule has 0 saturated heterocycles. The molecule has 0 saturated carbocycles. The van der Waals surface area contributed by atoms with Crippen molar-refractivity contribution in [3.63, 3.8) is 0 Å². The van der Waals surface area contributed by atoms with E-state index in [0.29, 0.717) is 0 Å². The summed E-state index contributed by atoms with van der Waals surface area (Å²) in [5.41, 5.74) is 0.913. The van der Waals surface area contributed by atoms with Crippen LogP contribution in [0.1, 0.15) is 21.5 Å². The van der Waals surface area contributed by atoms with Gasteiger partial charge < -0.3 is 4.74 Å². The fourth-order valence-corrected chi connectivity index (χ4v) is 2.49. The number of carbonyl (C=O) groups excluding carboxylic acids is 1. The highest BCUT2D eigenvalue weighted by Gasteiger charge is 2.18. The molecule has 0 spiro atoms. The van der Waals surface area contributed by atoms with Crippen molar-refractivity contribution in [2.24, 2.45) is 0 Å². The zero-order valence-electron chi connectivity index (χ0n) is 14.1. The number of hydrogen-bond donors (Lipinski definition) is 0. The highest BCUT2D eigenvalue weighted by molar-refractivity contribution is 5.92. The van der Waals surface area contributed by atoms with E-state index in [0.717, 1.165) is 11.6 Å². The third-order valence-corrected chi connectivity index (χ3v) is 4.01. The van der Waals surface area contributed by atoms with Gasteiger partial charge in [0.25, 0.3) is 0 Å². The SMILES string of the molecule is Cc1ccc(OC(=O)c2ccc(-c3ccc(C)c(F)c3F)cc2F)cc1. The normalized spacial score (nSPS) is 10.7. The molecule has 3 aromatic rings. The summed E-state index contributed by atoms with van der Waals surface area (Å²) in [6.45, 7) is 3.32. The van der Waals surface area contributed by atoms with E-state index in [1.807, 2.05) is 6.92 Å². The lowest BCUT2D eigenvalue weighted by Crippen LogP contribution is -2.10. The molecule has 26 heavy (non-hydrogen) atoms. The van der Waals surface area contributed by atoms with Crippen molar-refractivity contribution in [2.75, 3.05) is 0 Å². The first-order chi connectivity index (χ1) is 12.4. The van der Waals surface area contributed by atoms with E-state index in [2.05, 4.69) is 0 Å². The summed E-state index contributed by atoms with van der Waals surface area (Å²) in [5, 5.41) is 0. The van der Waals surface area contributed by atoms with Crippen LogP contribution >= 0.6 is 0 Å². The van der Waals surface area contributed by atoms with Crippen LogP contribution in [0.2, 0.25) is 0 Å². The van der Waals surface area contributed by atoms with Crippen molar-refractivity contribution in [3.05, 3.63) is 88.7 Å².